The lowest BCUT2D eigenvalue weighted by molar-refractivity contribution is 0.214. The molecule has 1 aromatic heterocycles. The maximum atomic E-state index is 10.3. The number of aliphatic hydroxyl groups is 1. The van der Waals surface area contributed by atoms with Gasteiger partial charge < -0.3 is 5.11 Å². The fourth-order valence-electron chi connectivity index (χ4n) is 1.89. The predicted molar refractivity (Wildman–Crippen MR) is 66.7 cm³/mol. The maximum Gasteiger partial charge on any atom is 0.123 e. The van der Waals surface area contributed by atoms with Gasteiger partial charge in [0, 0.05) is 12.4 Å². The molecule has 1 heterocycles. The van der Waals surface area contributed by atoms with Gasteiger partial charge in [0.15, 0.2) is 0 Å². The number of nitrogens with zero attached hydrogens (tertiary/aromatic N) is 2. The van der Waals surface area contributed by atoms with E-state index in [4.69, 9.17) is 0 Å². The Morgan fingerprint density at radius 2 is 1.71 bits per heavy atom. The molecule has 0 fully saturated rings. The summed E-state index contributed by atoms with van der Waals surface area (Å²) in [6.07, 6.45) is 4.08. The van der Waals surface area contributed by atoms with Crippen molar-refractivity contribution >= 4 is 0 Å². The van der Waals surface area contributed by atoms with E-state index in [9.17, 15) is 5.11 Å². The molecule has 17 heavy (non-hydrogen) atoms. The topological polar surface area (TPSA) is 46.0 Å². The highest BCUT2D eigenvalue weighted by atomic mass is 16.3. The van der Waals surface area contributed by atoms with Gasteiger partial charge in [0.1, 0.15) is 6.10 Å². The number of hydrogen-bond acceptors (Lipinski definition) is 3. The van der Waals surface area contributed by atoms with E-state index < -0.39 is 6.10 Å². The molecule has 1 N–H and O–H groups in total. The van der Waals surface area contributed by atoms with Crippen molar-refractivity contribution in [2.75, 3.05) is 0 Å². The summed E-state index contributed by atoms with van der Waals surface area (Å²) in [5.74, 6) is 0. The number of benzene rings is 1. The SMILES string of the molecule is Cc1cc(C)c(C(O)c2cnccn2)cc1C. The lowest BCUT2D eigenvalue weighted by atomic mass is 9.96. The van der Waals surface area contributed by atoms with E-state index in [1.165, 1.54) is 11.1 Å². The van der Waals surface area contributed by atoms with Crippen molar-refractivity contribution in [3.8, 4) is 0 Å². The standard InChI is InChI=1S/C14H16N2O/c1-9-6-11(3)12(7-10(9)2)14(17)13-8-15-4-5-16-13/h4-8,14,17H,1-3H3. The van der Waals surface area contributed by atoms with Crippen LogP contribution in [-0.2, 0) is 0 Å². The molecule has 1 unspecified atom stereocenters. The normalized spacial score (nSPS) is 12.5. The van der Waals surface area contributed by atoms with Gasteiger partial charge in [-0.1, -0.05) is 12.1 Å². The Labute approximate surface area is 101 Å². The molecule has 1 atom stereocenters. The molecule has 2 rings (SSSR count). The third kappa shape index (κ3) is 2.34. The number of aryl methyl sites for hydroxylation is 3. The summed E-state index contributed by atoms with van der Waals surface area (Å²) in [7, 11) is 0. The van der Waals surface area contributed by atoms with Gasteiger partial charge in [0.2, 0.25) is 0 Å². The Morgan fingerprint density at radius 3 is 2.35 bits per heavy atom. The van der Waals surface area contributed by atoms with Crippen LogP contribution in [0.4, 0.5) is 0 Å². The summed E-state index contributed by atoms with van der Waals surface area (Å²) in [6, 6.07) is 4.11. The third-order valence-corrected chi connectivity index (χ3v) is 3.04. The lowest BCUT2D eigenvalue weighted by Crippen LogP contribution is -2.05. The largest absolute Gasteiger partial charge is 0.382 e. The second kappa shape index (κ2) is 4.63. The third-order valence-electron chi connectivity index (χ3n) is 3.04. The molecular weight excluding hydrogens is 212 g/mol. The Bertz CT molecular complexity index is 523. The van der Waals surface area contributed by atoms with Crippen LogP contribution < -0.4 is 0 Å². The summed E-state index contributed by atoms with van der Waals surface area (Å²) in [4.78, 5) is 8.11. The molecule has 0 amide bonds. The molecule has 1 aromatic carbocycles. The van der Waals surface area contributed by atoms with E-state index in [-0.39, 0.29) is 0 Å². The van der Waals surface area contributed by atoms with E-state index in [1.54, 1.807) is 18.6 Å². The fourth-order valence-corrected chi connectivity index (χ4v) is 1.89. The zero-order valence-electron chi connectivity index (χ0n) is 10.3. The summed E-state index contributed by atoms with van der Waals surface area (Å²) >= 11 is 0. The summed E-state index contributed by atoms with van der Waals surface area (Å²) in [6.45, 7) is 6.11. The van der Waals surface area contributed by atoms with E-state index in [0.717, 1.165) is 11.1 Å². The first-order valence-electron chi connectivity index (χ1n) is 5.61. The molecular formula is C14H16N2O. The Kier molecular flexibility index (Phi) is 3.20. The molecule has 0 aliphatic heterocycles. The van der Waals surface area contributed by atoms with Gasteiger partial charge in [-0.05, 0) is 43.0 Å². The number of aromatic nitrogens is 2. The molecule has 88 valence electrons. The van der Waals surface area contributed by atoms with Crippen LogP contribution >= 0.6 is 0 Å². The minimum atomic E-state index is -0.706. The molecule has 0 radical (unpaired) electrons. The first-order valence-corrected chi connectivity index (χ1v) is 5.61. The van der Waals surface area contributed by atoms with Gasteiger partial charge >= 0.3 is 0 Å². The highest BCUT2D eigenvalue weighted by molar-refractivity contribution is 5.39. The first kappa shape index (κ1) is 11.7. The molecule has 0 aliphatic rings. The summed E-state index contributed by atoms with van der Waals surface area (Å²) in [5.41, 5.74) is 4.96. The molecule has 0 saturated heterocycles. The average Bonchev–Trinajstić information content (AvgIpc) is 2.34. The molecule has 0 bridgehead atoms. The van der Waals surface area contributed by atoms with Crippen LogP contribution in [0.25, 0.3) is 0 Å². The number of rotatable bonds is 2. The highest BCUT2D eigenvalue weighted by Crippen LogP contribution is 2.25. The predicted octanol–water partition coefficient (Wildman–Crippen LogP) is 2.48. The van der Waals surface area contributed by atoms with Crippen molar-refractivity contribution in [1.29, 1.82) is 0 Å². The van der Waals surface area contributed by atoms with Crippen LogP contribution in [0.1, 0.15) is 34.1 Å². The van der Waals surface area contributed by atoms with Crippen molar-refractivity contribution < 1.29 is 5.11 Å². The molecule has 0 spiro atoms. The Hall–Kier alpha value is -1.74. The van der Waals surface area contributed by atoms with Gasteiger partial charge in [-0.15, -0.1) is 0 Å². The Morgan fingerprint density at radius 1 is 1.00 bits per heavy atom. The summed E-state index contributed by atoms with van der Waals surface area (Å²) in [5, 5.41) is 10.3. The quantitative estimate of drug-likeness (QED) is 0.859. The van der Waals surface area contributed by atoms with Crippen LogP contribution in [0.3, 0.4) is 0 Å². The van der Waals surface area contributed by atoms with Crippen molar-refractivity contribution in [1.82, 2.24) is 9.97 Å². The van der Waals surface area contributed by atoms with Crippen molar-refractivity contribution in [2.24, 2.45) is 0 Å². The van der Waals surface area contributed by atoms with Gasteiger partial charge in [0.25, 0.3) is 0 Å². The summed E-state index contributed by atoms with van der Waals surface area (Å²) < 4.78 is 0. The van der Waals surface area contributed by atoms with Crippen molar-refractivity contribution in [2.45, 2.75) is 26.9 Å². The van der Waals surface area contributed by atoms with Gasteiger partial charge in [-0.25, -0.2) is 0 Å². The van der Waals surface area contributed by atoms with Crippen LogP contribution in [0.2, 0.25) is 0 Å². The minimum Gasteiger partial charge on any atom is -0.382 e. The minimum absolute atomic E-state index is 0.582. The second-order valence-electron chi connectivity index (χ2n) is 4.33. The zero-order chi connectivity index (χ0) is 12.4. The average molecular weight is 228 g/mol. The molecule has 0 saturated carbocycles. The van der Waals surface area contributed by atoms with Crippen LogP contribution in [0.15, 0.2) is 30.7 Å². The molecule has 0 aliphatic carbocycles. The highest BCUT2D eigenvalue weighted by Gasteiger charge is 2.15. The second-order valence-corrected chi connectivity index (χ2v) is 4.33. The molecule has 3 nitrogen and oxygen atoms in total. The van der Waals surface area contributed by atoms with E-state index in [1.807, 2.05) is 19.9 Å². The number of hydrogen-bond donors (Lipinski definition) is 1. The van der Waals surface area contributed by atoms with Gasteiger partial charge in [0.05, 0.1) is 11.9 Å². The molecule has 2 aromatic rings. The van der Waals surface area contributed by atoms with Crippen LogP contribution in [0.5, 0.6) is 0 Å². The van der Waals surface area contributed by atoms with E-state index in [0.29, 0.717) is 5.69 Å². The van der Waals surface area contributed by atoms with Gasteiger partial charge in [-0.2, -0.15) is 0 Å². The van der Waals surface area contributed by atoms with Crippen LogP contribution in [-0.4, -0.2) is 15.1 Å². The first-order chi connectivity index (χ1) is 8.09. The number of aliphatic hydroxyl groups excluding tert-OH is 1. The van der Waals surface area contributed by atoms with Crippen molar-refractivity contribution in [3.05, 3.63) is 58.7 Å². The van der Waals surface area contributed by atoms with E-state index >= 15 is 0 Å². The van der Waals surface area contributed by atoms with Gasteiger partial charge in [-0.3, -0.25) is 9.97 Å². The smallest absolute Gasteiger partial charge is 0.123 e. The Balaban J connectivity index is 2.44. The maximum absolute atomic E-state index is 10.3. The lowest BCUT2D eigenvalue weighted by Gasteiger charge is -2.15. The zero-order valence-corrected chi connectivity index (χ0v) is 10.3. The van der Waals surface area contributed by atoms with Crippen LogP contribution in [0, 0.1) is 20.8 Å². The van der Waals surface area contributed by atoms with E-state index in [2.05, 4.69) is 23.0 Å². The molecule has 3 heteroatoms. The van der Waals surface area contributed by atoms with Crippen molar-refractivity contribution in [3.63, 3.8) is 0 Å². The fraction of sp³-hybridized carbons (Fsp3) is 0.286. The monoisotopic (exact) mass is 228 g/mol.